The number of carbonyl (C=O) groups is 1. The Morgan fingerprint density at radius 1 is 1.35 bits per heavy atom. The second-order valence-electron chi connectivity index (χ2n) is 5.39. The van der Waals surface area contributed by atoms with Gasteiger partial charge in [0.2, 0.25) is 0 Å². The zero-order valence-electron chi connectivity index (χ0n) is 10.7. The minimum atomic E-state index is -0.684. The first-order chi connectivity index (χ1) is 8.00. The van der Waals surface area contributed by atoms with Gasteiger partial charge >= 0.3 is 5.97 Å². The predicted octanol–water partition coefficient (Wildman–Crippen LogP) is 3.56. The average molecular weight is 232 g/mol. The molecule has 0 bridgehead atoms. The number of fused-ring (bicyclic) bond motifs is 1. The molecule has 1 N–H and O–H groups in total. The topological polar surface area (TPSA) is 37.3 Å². The highest BCUT2D eigenvalue weighted by molar-refractivity contribution is 5.71. The van der Waals surface area contributed by atoms with Crippen LogP contribution < -0.4 is 0 Å². The fourth-order valence-electron chi connectivity index (χ4n) is 2.72. The first-order valence-corrected chi connectivity index (χ1v) is 6.36. The van der Waals surface area contributed by atoms with E-state index in [9.17, 15) is 4.79 Å². The van der Waals surface area contributed by atoms with Gasteiger partial charge in [-0.25, -0.2) is 0 Å². The fourth-order valence-corrected chi connectivity index (χ4v) is 2.72. The Hall–Kier alpha value is -1.31. The van der Waals surface area contributed by atoms with Crippen LogP contribution in [0, 0.1) is 5.92 Å². The van der Waals surface area contributed by atoms with Gasteiger partial charge < -0.3 is 5.11 Å². The molecule has 2 atom stereocenters. The Morgan fingerprint density at radius 2 is 2.06 bits per heavy atom. The maximum absolute atomic E-state index is 11.1. The standard InChI is InChI=1S/C15H20O2/c1-9(2)11-4-7-14-12(8-11)5-6-13(14)10(3)15(16)17/h4,7-10,13H,5-6H2,1-3H3,(H,16,17). The van der Waals surface area contributed by atoms with Gasteiger partial charge in [0.25, 0.3) is 0 Å². The molecule has 1 aliphatic carbocycles. The van der Waals surface area contributed by atoms with Crippen molar-refractivity contribution in [3.05, 3.63) is 34.9 Å². The number of rotatable bonds is 3. The maximum Gasteiger partial charge on any atom is 0.306 e. The Bertz CT molecular complexity index is 435. The third-order valence-electron chi connectivity index (χ3n) is 3.95. The van der Waals surface area contributed by atoms with Crippen LogP contribution in [0.4, 0.5) is 0 Å². The van der Waals surface area contributed by atoms with Crippen LogP contribution in [-0.2, 0) is 11.2 Å². The minimum absolute atomic E-state index is 0.198. The monoisotopic (exact) mass is 232 g/mol. The third kappa shape index (κ3) is 2.21. The van der Waals surface area contributed by atoms with E-state index in [4.69, 9.17) is 5.11 Å². The largest absolute Gasteiger partial charge is 0.481 e. The number of hydrogen-bond acceptors (Lipinski definition) is 1. The molecule has 2 nitrogen and oxygen atoms in total. The summed E-state index contributed by atoms with van der Waals surface area (Å²) in [6.07, 6.45) is 2.00. The summed E-state index contributed by atoms with van der Waals surface area (Å²) in [6, 6.07) is 6.55. The van der Waals surface area contributed by atoms with Crippen molar-refractivity contribution in [1.29, 1.82) is 0 Å². The Labute approximate surface area is 103 Å². The SMILES string of the molecule is CC(C)c1ccc2c(c1)CCC2C(C)C(=O)O. The molecule has 0 heterocycles. The van der Waals surface area contributed by atoms with Gasteiger partial charge in [-0.1, -0.05) is 39.0 Å². The average Bonchev–Trinajstić information content (AvgIpc) is 2.70. The molecule has 0 aliphatic heterocycles. The van der Waals surface area contributed by atoms with E-state index in [1.54, 1.807) is 0 Å². The highest BCUT2D eigenvalue weighted by Crippen LogP contribution is 2.39. The van der Waals surface area contributed by atoms with Gasteiger partial charge in [-0.05, 0) is 41.4 Å². The minimum Gasteiger partial charge on any atom is -0.481 e. The van der Waals surface area contributed by atoms with Crippen LogP contribution in [-0.4, -0.2) is 11.1 Å². The molecular weight excluding hydrogens is 212 g/mol. The van der Waals surface area contributed by atoms with Crippen LogP contribution in [0.5, 0.6) is 0 Å². The highest BCUT2D eigenvalue weighted by Gasteiger charge is 2.31. The lowest BCUT2D eigenvalue weighted by atomic mass is 9.88. The molecular formula is C15H20O2. The molecule has 2 rings (SSSR count). The molecule has 0 radical (unpaired) electrons. The van der Waals surface area contributed by atoms with Crippen molar-refractivity contribution < 1.29 is 9.90 Å². The van der Waals surface area contributed by atoms with E-state index in [1.165, 1.54) is 16.7 Å². The van der Waals surface area contributed by atoms with Crippen molar-refractivity contribution in [3.63, 3.8) is 0 Å². The first kappa shape index (κ1) is 12.2. The van der Waals surface area contributed by atoms with Crippen LogP contribution >= 0.6 is 0 Å². The Kier molecular flexibility index (Phi) is 3.23. The quantitative estimate of drug-likeness (QED) is 0.865. The molecule has 2 heteroatoms. The van der Waals surface area contributed by atoms with E-state index in [0.717, 1.165) is 12.8 Å². The van der Waals surface area contributed by atoms with Gasteiger partial charge in [-0.3, -0.25) is 4.79 Å². The lowest BCUT2D eigenvalue weighted by Crippen LogP contribution is -2.17. The molecule has 0 aromatic heterocycles. The van der Waals surface area contributed by atoms with Gasteiger partial charge in [-0.15, -0.1) is 0 Å². The second-order valence-corrected chi connectivity index (χ2v) is 5.39. The molecule has 92 valence electrons. The summed E-state index contributed by atoms with van der Waals surface area (Å²) in [5.41, 5.74) is 3.96. The van der Waals surface area contributed by atoms with E-state index in [-0.39, 0.29) is 11.8 Å². The van der Waals surface area contributed by atoms with E-state index in [1.807, 2.05) is 6.92 Å². The second kappa shape index (κ2) is 4.52. The van der Waals surface area contributed by atoms with Crippen LogP contribution in [0.25, 0.3) is 0 Å². The first-order valence-electron chi connectivity index (χ1n) is 6.36. The summed E-state index contributed by atoms with van der Waals surface area (Å²) in [5.74, 6) is -0.225. The lowest BCUT2D eigenvalue weighted by molar-refractivity contribution is -0.141. The summed E-state index contributed by atoms with van der Waals surface area (Å²) in [6.45, 7) is 6.19. The fraction of sp³-hybridized carbons (Fsp3) is 0.533. The molecule has 1 aromatic rings. The van der Waals surface area contributed by atoms with Crippen molar-refractivity contribution in [2.75, 3.05) is 0 Å². The Balaban J connectivity index is 2.31. The summed E-state index contributed by atoms with van der Waals surface area (Å²) in [4.78, 5) is 11.1. The molecule has 0 spiro atoms. The zero-order chi connectivity index (χ0) is 12.6. The zero-order valence-corrected chi connectivity index (χ0v) is 10.7. The van der Waals surface area contributed by atoms with Gasteiger partial charge in [0, 0.05) is 0 Å². The van der Waals surface area contributed by atoms with Crippen molar-refractivity contribution >= 4 is 5.97 Å². The van der Waals surface area contributed by atoms with Crippen LogP contribution in [0.15, 0.2) is 18.2 Å². The van der Waals surface area contributed by atoms with Crippen LogP contribution in [0.2, 0.25) is 0 Å². The number of carboxylic acid groups (broad SMARTS) is 1. The molecule has 2 unspecified atom stereocenters. The van der Waals surface area contributed by atoms with Crippen molar-refractivity contribution in [3.8, 4) is 0 Å². The highest BCUT2D eigenvalue weighted by atomic mass is 16.4. The van der Waals surface area contributed by atoms with Gasteiger partial charge in [0.05, 0.1) is 5.92 Å². The van der Waals surface area contributed by atoms with Gasteiger partial charge in [-0.2, -0.15) is 0 Å². The summed E-state index contributed by atoms with van der Waals surface area (Å²) in [7, 11) is 0. The normalized spacial score (nSPS) is 20.4. The van der Waals surface area contributed by atoms with Crippen molar-refractivity contribution in [2.45, 2.75) is 45.4 Å². The van der Waals surface area contributed by atoms with E-state index in [0.29, 0.717) is 5.92 Å². The molecule has 0 saturated carbocycles. The van der Waals surface area contributed by atoms with Crippen molar-refractivity contribution in [2.24, 2.45) is 5.92 Å². The lowest BCUT2D eigenvalue weighted by Gasteiger charge is -2.16. The molecule has 0 saturated heterocycles. The van der Waals surface area contributed by atoms with E-state index < -0.39 is 5.97 Å². The van der Waals surface area contributed by atoms with Crippen LogP contribution in [0.3, 0.4) is 0 Å². The summed E-state index contributed by atoms with van der Waals surface area (Å²) < 4.78 is 0. The number of carboxylic acids is 1. The predicted molar refractivity (Wildman–Crippen MR) is 68.4 cm³/mol. The third-order valence-corrected chi connectivity index (χ3v) is 3.95. The van der Waals surface area contributed by atoms with E-state index >= 15 is 0 Å². The molecule has 0 fully saturated rings. The molecule has 17 heavy (non-hydrogen) atoms. The number of benzene rings is 1. The van der Waals surface area contributed by atoms with Crippen LogP contribution in [0.1, 0.15) is 55.7 Å². The molecule has 0 amide bonds. The number of aliphatic carboxylic acids is 1. The van der Waals surface area contributed by atoms with Gasteiger partial charge in [0.15, 0.2) is 0 Å². The summed E-state index contributed by atoms with van der Waals surface area (Å²) in [5, 5.41) is 9.11. The smallest absolute Gasteiger partial charge is 0.306 e. The van der Waals surface area contributed by atoms with Gasteiger partial charge in [0.1, 0.15) is 0 Å². The molecule has 1 aromatic carbocycles. The molecule has 1 aliphatic rings. The van der Waals surface area contributed by atoms with Crippen molar-refractivity contribution in [1.82, 2.24) is 0 Å². The number of hydrogen-bond donors (Lipinski definition) is 1. The number of aryl methyl sites for hydroxylation is 1. The Morgan fingerprint density at radius 3 is 2.65 bits per heavy atom. The van der Waals surface area contributed by atoms with E-state index in [2.05, 4.69) is 32.0 Å². The maximum atomic E-state index is 11.1. The summed E-state index contributed by atoms with van der Waals surface area (Å²) >= 11 is 0.